The summed E-state index contributed by atoms with van der Waals surface area (Å²) in [4.78, 5) is 27.0. The lowest BCUT2D eigenvalue weighted by molar-refractivity contribution is -0.142. The highest BCUT2D eigenvalue weighted by Crippen LogP contribution is 2.35. The lowest BCUT2D eigenvalue weighted by atomic mass is 10.1. The molecule has 4 aromatic rings. The monoisotopic (exact) mass is 365 g/mol. The van der Waals surface area contributed by atoms with Crippen molar-refractivity contribution in [3.63, 3.8) is 0 Å². The van der Waals surface area contributed by atoms with E-state index in [4.69, 9.17) is 14.8 Å². The first-order chi connectivity index (χ1) is 13.8. The SMILES string of the molecule is O=C(Cc1ccccc1)O/N=C1\c2ccccc2-c2nc3ccccc3nc21. The van der Waals surface area contributed by atoms with Crippen molar-refractivity contribution in [2.45, 2.75) is 6.42 Å². The Morgan fingerprint density at radius 2 is 1.36 bits per heavy atom. The fourth-order valence-corrected chi connectivity index (χ4v) is 3.36. The van der Waals surface area contributed by atoms with Crippen LogP contribution in [-0.2, 0) is 16.1 Å². The third-order valence-electron chi connectivity index (χ3n) is 4.66. The first kappa shape index (κ1) is 16.3. The van der Waals surface area contributed by atoms with Crippen molar-refractivity contribution in [2.24, 2.45) is 5.16 Å². The summed E-state index contributed by atoms with van der Waals surface area (Å²) in [5.41, 5.74) is 6.19. The van der Waals surface area contributed by atoms with Crippen LogP contribution in [0.2, 0.25) is 0 Å². The van der Waals surface area contributed by atoms with E-state index in [0.29, 0.717) is 11.4 Å². The number of nitrogens with zero attached hydrogens (tertiary/aromatic N) is 3. The summed E-state index contributed by atoms with van der Waals surface area (Å²) in [6.45, 7) is 0. The summed E-state index contributed by atoms with van der Waals surface area (Å²) in [5, 5.41) is 4.17. The molecule has 0 radical (unpaired) electrons. The molecular formula is C23H15N3O2. The number of carbonyl (C=O) groups excluding carboxylic acids is 1. The van der Waals surface area contributed by atoms with Crippen LogP contribution in [0.5, 0.6) is 0 Å². The van der Waals surface area contributed by atoms with Crippen LogP contribution in [0.3, 0.4) is 0 Å². The maximum Gasteiger partial charge on any atom is 0.339 e. The minimum Gasteiger partial charge on any atom is -0.317 e. The number of oxime groups is 1. The van der Waals surface area contributed by atoms with Gasteiger partial charge in [-0.15, -0.1) is 0 Å². The van der Waals surface area contributed by atoms with Gasteiger partial charge in [-0.1, -0.05) is 71.9 Å². The molecule has 0 N–H and O–H groups in total. The van der Waals surface area contributed by atoms with Gasteiger partial charge in [0, 0.05) is 11.1 Å². The normalized spacial score (nSPS) is 13.4. The third-order valence-corrected chi connectivity index (χ3v) is 4.66. The van der Waals surface area contributed by atoms with Gasteiger partial charge in [0.15, 0.2) is 0 Å². The first-order valence-corrected chi connectivity index (χ1v) is 8.98. The van der Waals surface area contributed by atoms with E-state index < -0.39 is 5.97 Å². The van der Waals surface area contributed by atoms with Gasteiger partial charge in [0.05, 0.1) is 23.1 Å². The molecule has 5 rings (SSSR count). The van der Waals surface area contributed by atoms with Gasteiger partial charge in [0.25, 0.3) is 0 Å². The second-order valence-corrected chi connectivity index (χ2v) is 6.52. The largest absolute Gasteiger partial charge is 0.339 e. The average Bonchev–Trinajstić information content (AvgIpc) is 3.04. The molecule has 134 valence electrons. The highest BCUT2D eigenvalue weighted by Gasteiger charge is 2.29. The zero-order valence-electron chi connectivity index (χ0n) is 14.9. The Labute approximate surface area is 161 Å². The molecule has 0 aliphatic heterocycles. The molecule has 3 aromatic carbocycles. The van der Waals surface area contributed by atoms with Crippen LogP contribution in [0.4, 0.5) is 0 Å². The van der Waals surface area contributed by atoms with E-state index in [1.165, 1.54) is 0 Å². The standard InChI is InChI=1S/C23H15N3O2/c27-20(14-15-8-2-1-3-9-15)28-26-22-17-11-5-4-10-16(17)21-23(22)25-19-13-7-6-12-18(19)24-21/h1-13H,14H2/b26-22+. The van der Waals surface area contributed by atoms with E-state index in [0.717, 1.165) is 33.4 Å². The molecule has 0 saturated carbocycles. The van der Waals surface area contributed by atoms with Crippen molar-refractivity contribution in [3.05, 3.63) is 95.7 Å². The first-order valence-electron chi connectivity index (χ1n) is 8.98. The summed E-state index contributed by atoms with van der Waals surface area (Å²) >= 11 is 0. The summed E-state index contributed by atoms with van der Waals surface area (Å²) in [7, 11) is 0. The van der Waals surface area contributed by atoms with E-state index in [9.17, 15) is 4.79 Å². The maximum atomic E-state index is 12.2. The molecule has 5 heteroatoms. The smallest absolute Gasteiger partial charge is 0.317 e. The predicted octanol–water partition coefficient (Wildman–Crippen LogP) is 4.15. The molecule has 0 unspecified atom stereocenters. The van der Waals surface area contributed by atoms with E-state index in [1.807, 2.05) is 78.9 Å². The van der Waals surface area contributed by atoms with Gasteiger partial charge in [0.2, 0.25) is 0 Å². The van der Waals surface area contributed by atoms with Gasteiger partial charge >= 0.3 is 5.97 Å². The number of para-hydroxylation sites is 2. The Hall–Kier alpha value is -3.86. The highest BCUT2D eigenvalue weighted by molar-refractivity contribution is 6.23. The Morgan fingerprint density at radius 1 is 0.750 bits per heavy atom. The fourth-order valence-electron chi connectivity index (χ4n) is 3.36. The van der Waals surface area contributed by atoms with Gasteiger partial charge in [-0.05, 0) is 17.7 Å². The van der Waals surface area contributed by atoms with Crippen LogP contribution < -0.4 is 0 Å². The van der Waals surface area contributed by atoms with Crippen molar-refractivity contribution in [1.29, 1.82) is 0 Å². The Morgan fingerprint density at radius 3 is 2.11 bits per heavy atom. The van der Waals surface area contributed by atoms with Crippen LogP contribution in [0.25, 0.3) is 22.3 Å². The topological polar surface area (TPSA) is 64.4 Å². The van der Waals surface area contributed by atoms with Crippen LogP contribution in [0.15, 0.2) is 84.0 Å². The van der Waals surface area contributed by atoms with Crippen molar-refractivity contribution in [2.75, 3.05) is 0 Å². The lowest BCUT2D eigenvalue weighted by Crippen LogP contribution is -2.08. The molecule has 1 aliphatic carbocycles. The van der Waals surface area contributed by atoms with Crippen LogP contribution in [0, 0.1) is 0 Å². The van der Waals surface area contributed by atoms with Gasteiger partial charge in [-0.25, -0.2) is 14.8 Å². The Kier molecular flexibility index (Phi) is 3.91. The molecule has 5 nitrogen and oxygen atoms in total. The number of aromatic nitrogens is 2. The molecule has 0 fully saturated rings. The van der Waals surface area contributed by atoms with Crippen molar-refractivity contribution in [1.82, 2.24) is 9.97 Å². The summed E-state index contributed by atoms with van der Waals surface area (Å²) in [5.74, 6) is -0.418. The maximum absolute atomic E-state index is 12.2. The lowest BCUT2D eigenvalue weighted by Gasteiger charge is -2.03. The summed E-state index contributed by atoms with van der Waals surface area (Å²) < 4.78 is 0. The third kappa shape index (κ3) is 2.83. The molecule has 0 amide bonds. The molecular weight excluding hydrogens is 350 g/mol. The van der Waals surface area contributed by atoms with E-state index in [1.54, 1.807) is 0 Å². The van der Waals surface area contributed by atoms with E-state index in [-0.39, 0.29) is 6.42 Å². The fraction of sp³-hybridized carbons (Fsp3) is 0.0435. The molecule has 1 aliphatic rings. The quantitative estimate of drug-likeness (QED) is 0.356. The molecule has 0 spiro atoms. The molecule has 0 bridgehead atoms. The van der Waals surface area contributed by atoms with Gasteiger partial charge in [0.1, 0.15) is 11.4 Å². The zero-order valence-corrected chi connectivity index (χ0v) is 14.9. The van der Waals surface area contributed by atoms with Gasteiger partial charge in [-0.2, -0.15) is 0 Å². The van der Waals surface area contributed by atoms with E-state index >= 15 is 0 Å². The summed E-state index contributed by atoms with van der Waals surface area (Å²) in [6.07, 6.45) is 0.162. The van der Waals surface area contributed by atoms with Gasteiger partial charge in [-0.3, -0.25) is 0 Å². The van der Waals surface area contributed by atoms with Gasteiger partial charge < -0.3 is 4.84 Å². The number of carbonyl (C=O) groups is 1. The Balaban J connectivity index is 1.53. The zero-order chi connectivity index (χ0) is 18.9. The molecule has 0 saturated heterocycles. The number of hydrogen-bond acceptors (Lipinski definition) is 5. The second-order valence-electron chi connectivity index (χ2n) is 6.52. The number of fused-ring (bicyclic) bond motifs is 4. The molecule has 0 atom stereocenters. The van der Waals surface area contributed by atoms with E-state index in [2.05, 4.69) is 5.16 Å². The number of rotatable bonds is 3. The molecule has 1 heterocycles. The highest BCUT2D eigenvalue weighted by atomic mass is 16.7. The van der Waals surface area contributed by atoms with Crippen LogP contribution in [-0.4, -0.2) is 21.6 Å². The summed E-state index contributed by atoms with van der Waals surface area (Å²) in [6, 6.07) is 24.9. The van der Waals surface area contributed by atoms with Crippen molar-refractivity contribution >= 4 is 22.7 Å². The minimum absolute atomic E-state index is 0.162. The predicted molar refractivity (Wildman–Crippen MR) is 107 cm³/mol. The Bertz CT molecular complexity index is 1230. The van der Waals surface area contributed by atoms with Crippen LogP contribution >= 0.6 is 0 Å². The molecule has 1 aromatic heterocycles. The minimum atomic E-state index is -0.418. The number of hydrogen-bond donors (Lipinski definition) is 0. The average molecular weight is 365 g/mol. The number of benzene rings is 3. The van der Waals surface area contributed by atoms with Crippen molar-refractivity contribution < 1.29 is 9.63 Å². The second kappa shape index (κ2) is 6.70. The van der Waals surface area contributed by atoms with Crippen molar-refractivity contribution in [3.8, 4) is 11.3 Å². The molecule has 28 heavy (non-hydrogen) atoms. The van der Waals surface area contributed by atoms with Crippen LogP contribution in [0.1, 0.15) is 16.8 Å².